The molecule has 0 fully saturated rings. The first-order valence-electron chi connectivity index (χ1n) is 11.1. The lowest BCUT2D eigenvalue weighted by atomic mass is 10.0. The highest BCUT2D eigenvalue weighted by atomic mass is 79.9. The molecule has 0 aliphatic rings. The largest absolute Gasteiger partial charge is 1.00 e. The molecule has 0 radical (unpaired) electrons. The third kappa shape index (κ3) is 24.7. The zero-order valence-electron chi connectivity index (χ0n) is 17.3. The summed E-state index contributed by atoms with van der Waals surface area (Å²) in [4.78, 5) is 0. The van der Waals surface area contributed by atoms with Crippen molar-refractivity contribution in [3.8, 4) is 0 Å². The van der Waals surface area contributed by atoms with Crippen molar-refractivity contribution in [2.45, 2.75) is 124 Å². The van der Waals surface area contributed by atoms with Crippen LogP contribution in [0.4, 0.5) is 0 Å². The van der Waals surface area contributed by atoms with E-state index in [0.717, 1.165) is 5.92 Å². The third-order valence-corrected chi connectivity index (χ3v) is 4.98. The standard InChI is InChI=1S/C22H47N.BrH/c1-4-23-21-19-17-15-13-11-9-7-5-6-8-10-12-14-16-18-20-22(2)3;/h22-23H,4-21H2,1-3H3;1H. The van der Waals surface area contributed by atoms with Crippen molar-refractivity contribution >= 4 is 0 Å². The predicted octanol–water partition coefficient (Wildman–Crippen LogP) is 3.47. The second-order valence-corrected chi connectivity index (χ2v) is 7.97. The Kier molecular flexibility index (Phi) is 26.0. The second-order valence-electron chi connectivity index (χ2n) is 7.97. The van der Waals surface area contributed by atoms with E-state index in [9.17, 15) is 0 Å². The van der Waals surface area contributed by atoms with Crippen molar-refractivity contribution in [1.82, 2.24) is 0 Å². The fourth-order valence-electron chi connectivity index (χ4n) is 3.34. The summed E-state index contributed by atoms with van der Waals surface area (Å²) in [5.74, 6) is 0.898. The molecule has 148 valence electrons. The van der Waals surface area contributed by atoms with Crippen molar-refractivity contribution in [1.29, 1.82) is 0 Å². The van der Waals surface area contributed by atoms with Gasteiger partial charge < -0.3 is 22.3 Å². The van der Waals surface area contributed by atoms with Crippen molar-refractivity contribution in [2.24, 2.45) is 5.92 Å². The van der Waals surface area contributed by atoms with Crippen LogP contribution in [0, 0.1) is 5.92 Å². The molecule has 0 saturated heterocycles. The summed E-state index contributed by atoms with van der Waals surface area (Å²) in [6, 6.07) is 0. The summed E-state index contributed by atoms with van der Waals surface area (Å²) in [5.41, 5.74) is 0. The first-order chi connectivity index (χ1) is 11.3. The highest BCUT2D eigenvalue weighted by Crippen LogP contribution is 2.14. The van der Waals surface area contributed by atoms with E-state index in [4.69, 9.17) is 0 Å². The molecule has 0 aliphatic heterocycles. The van der Waals surface area contributed by atoms with Crippen molar-refractivity contribution in [2.75, 3.05) is 13.1 Å². The molecule has 0 saturated carbocycles. The highest BCUT2D eigenvalue weighted by Gasteiger charge is 1.96. The highest BCUT2D eigenvalue weighted by molar-refractivity contribution is 4.51. The molecule has 0 bridgehead atoms. The molecule has 0 atom stereocenters. The van der Waals surface area contributed by atoms with Gasteiger partial charge in [-0.3, -0.25) is 0 Å². The Morgan fingerprint density at radius 1 is 0.542 bits per heavy atom. The molecule has 0 aromatic carbocycles. The minimum Gasteiger partial charge on any atom is -1.00 e. The van der Waals surface area contributed by atoms with Gasteiger partial charge in [-0.15, -0.1) is 0 Å². The zero-order valence-corrected chi connectivity index (χ0v) is 18.8. The number of hydrogen-bond acceptors (Lipinski definition) is 0. The van der Waals surface area contributed by atoms with Crippen LogP contribution in [0.3, 0.4) is 0 Å². The van der Waals surface area contributed by atoms with E-state index in [1.807, 2.05) is 0 Å². The van der Waals surface area contributed by atoms with Gasteiger partial charge in [0.2, 0.25) is 0 Å². The van der Waals surface area contributed by atoms with Crippen LogP contribution in [0.2, 0.25) is 0 Å². The van der Waals surface area contributed by atoms with Gasteiger partial charge in [-0.25, -0.2) is 0 Å². The molecule has 0 spiro atoms. The van der Waals surface area contributed by atoms with Gasteiger partial charge in [0.25, 0.3) is 0 Å². The van der Waals surface area contributed by atoms with Crippen LogP contribution in [0.25, 0.3) is 0 Å². The molecule has 1 nitrogen and oxygen atoms in total. The summed E-state index contributed by atoms with van der Waals surface area (Å²) in [7, 11) is 0. The fourth-order valence-corrected chi connectivity index (χ4v) is 3.34. The summed E-state index contributed by atoms with van der Waals surface area (Å²) in [6.45, 7) is 9.51. The Bertz CT molecular complexity index is 206. The lowest BCUT2D eigenvalue weighted by Gasteiger charge is -2.05. The minimum atomic E-state index is 0. The number of rotatable bonds is 19. The summed E-state index contributed by atoms with van der Waals surface area (Å²) in [6.07, 6.45) is 23.5. The molecule has 2 heteroatoms. The Morgan fingerprint density at radius 3 is 1.21 bits per heavy atom. The van der Waals surface area contributed by atoms with Gasteiger partial charge in [0, 0.05) is 0 Å². The zero-order chi connectivity index (χ0) is 17.0. The first kappa shape index (κ1) is 26.7. The van der Waals surface area contributed by atoms with Gasteiger partial charge in [0.15, 0.2) is 0 Å². The van der Waals surface area contributed by atoms with E-state index >= 15 is 0 Å². The number of quaternary nitrogens is 1. The smallest absolute Gasteiger partial charge is 0.0755 e. The fraction of sp³-hybridized carbons (Fsp3) is 1.00. The second kappa shape index (κ2) is 23.4. The van der Waals surface area contributed by atoms with E-state index in [0.29, 0.717) is 0 Å². The van der Waals surface area contributed by atoms with Gasteiger partial charge in [0.05, 0.1) is 13.1 Å². The average Bonchev–Trinajstić information content (AvgIpc) is 2.53. The molecule has 2 N–H and O–H groups in total. The van der Waals surface area contributed by atoms with Gasteiger partial charge in [-0.05, 0) is 25.7 Å². The predicted molar refractivity (Wildman–Crippen MR) is 106 cm³/mol. The SMILES string of the molecule is CC[NH2+]CCCCCCCCCCCCCCCCCC(C)C.[Br-]. The summed E-state index contributed by atoms with van der Waals surface area (Å²) >= 11 is 0. The average molecular weight is 407 g/mol. The summed E-state index contributed by atoms with van der Waals surface area (Å²) in [5, 5.41) is 2.42. The molecule has 0 aliphatic carbocycles. The van der Waals surface area contributed by atoms with Crippen molar-refractivity contribution < 1.29 is 22.3 Å². The Balaban J connectivity index is 0. The molecule has 0 heterocycles. The van der Waals surface area contributed by atoms with Gasteiger partial charge in [-0.2, -0.15) is 0 Å². The minimum absolute atomic E-state index is 0. The Morgan fingerprint density at radius 2 is 0.875 bits per heavy atom. The molecule has 0 amide bonds. The van der Waals surface area contributed by atoms with Gasteiger partial charge in [0.1, 0.15) is 0 Å². The first-order valence-corrected chi connectivity index (χ1v) is 11.1. The van der Waals surface area contributed by atoms with Gasteiger partial charge >= 0.3 is 0 Å². The molecular formula is C22H48BrN. The lowest BCUT2D eigenvalue weighted by molar-refractivity contribution is -0.652. The van der Waals surface area contributed by atoms with Gasteiger partial charge in [-0.1, -0.05) is 104 Å². The number of halogens is 1. The van der Waals surface area contributed by atoms with E-state index in [1.54, 1.807) is 0 Å². The molecule has 0 unspecified atom stereocenters. The molecule has 0 aromatic rings. The van der Waals surface area contributed by atoms with E-state index in [-0.39, 0.29) is 17.0 Å². The summed E-state index contributed by atoms with van der Waals surface area (Å²) < 4.78 is 0. The van der Waals surface area contributed by atoms with Crippen molar-refractivity contribution in [3.63, 3.8) is 0 Å². The van der Waals surface area contributed by atoms with Crippen LogP contribution >= 0.6 is 0 Å². The monoisotopic (exact) mass is 405 g/mol. The quantitative estimate of drug-likeness (QED) is 0.316. The van der Waals surface area contributed by atoms with Crippen LogP contribution in [-0.4, -0.2) is 13.1 Å². The Hall–Kier alpha value is 0.440. The molecule has 0 rings (SSSR count). The molecule has 0 aromatic heterocycles. The van der Waals surface area contributed by atoms with Crippen LogP contribution in [0.15, 0.2) is 0 Å². The maximum Gasteiger partial charge on any atom is 0.0755 e. The number of unbranched alkanes of at least 4 members (excludes halogenated alkanes) is 14. The maximum atomic E-state index is 2.42. The molecule has 24 heavy (non-hydrogen) atoms. The van der Waals surface area contributed by atoms with Crippen LogP contribution in [-0.2, 0) is 0 Å². The lowest BCUT2D eigenvalue weighted by Crippen LogP contribution is -3.00. The van der Waals surface area contributed by atoms with E-state index in [2.05, 4.69) is 26.1 Å². The van der Waals surface area contributed by atoms with Crippen LogP contribution in [0.5, 0.6) is 0 Å². The van der Waals surface area contributed by atoms with Crippen molar-refractivity contribution in [3.05, 3.63) is 0 Å². The van der Waals surface area contributed by atoms with Crippen LogP contribution in [0.1, 0.15) is 124 Å². The molecular weight excluding hydrogens is 358 g/mol. The van der Waals surface area contributed by atoms with E-state index < -0.39 is 0 Å². The Labute approximate surface area is 164 Å². The third-order valence-electron chi connectivity index (χ3n) is 4.98. The van der Waals surface area contributed by atoms with Crippen LogP contribution < -0.4 is 22.3 Å². The number of hydrogen-bond donors (Lipinski definition) is 1. The normalized spacial score (nSPS) is 11.0. The topological polar surface area (TPSA) is 16.6 Å². The van der Waals surface area contributed by atoms with E-state index in [1.165, 1.54) is 116 Å². The maximum absolute atomic E-state index is 2.42. The number of nitrogens with two attached hydrogens (primary N) is 1.